The Hall–Kier alpha value is -1.99. The van der Waals surface area contributed by atoms with E-state index in [0.717, 1.165) is 17.7 Å². The van der Waals surface area contributed by atoms with Gasteiger partial charge in [-0.1, -0.05) is 12.1 Å². The zero-order chi connectivity index (χ0) is 17.0. The minimum absolute atomic E-state index is 0.0466. The molecule has 0 atom stereocenters. The number of aryl methyl sites for hydroxylation is 1. The van der Waals surface area contributed by atoms with Gasteiger partial charge in [-0.2, -0.15) is 0 Å². The largest absolute Gasteiger partial charge is 0.495 e. The molecule has 0 unspecified atom stereocenters. The summed E-state index contributed by atoms with van der Waals surface area (Å²) in [5.74, 6) is -1.64. The van der Waals surface area contributed by atoms with Gasteiger partial charge in [-0.15, -0.1) is 0 Å². The van der Waals surface area contributed by atoms with Crippen molar-refractivity contribution in [2.75, 3.05) is 13.7 Å². The monoisotopic (exact) mass is 341 g/mol. The Morgan fingerprint density at radius 2 is 1.83 bits per heavy atom. The maximum atomic E-state index is 13.1. The van der Waals surface area contributed by atoms with Crippen molar-refractivity contribution in [2.24, 2.45) is 0 Å². The number of rotatable bonds is 6. The highest BCUT2D eigenvalue weighted by Gasteiger charge is 2.19. The Labute approximate surface area is 134 Å². The molecule has 2 aromatic rings. The van der Waals surface area contributed by atoms with Gasteiger partial charge in [-0.3, -0.25) is 0 Å². The van der Waals surface area contributed by atoms with Crippen LogP contribution in [0.1, 0.15) is 11.1 Å². The molecule has 0 heterocycles. The van der Waals surface area contributed by atoms with Gasteiger partial charge >= 0.3 is 0 Å². The Morgan fingerprint density at radius 1 is 1.09 bits per heavy atom. The average molecular weight is 341 g/mol. The summed E-state index contributed by atoms with van der Waals surface area (Å²) in [4.78, 5) is 0.0466. The van der Waals surface area contributed by atoms with Gasteiger partial charge in [0.2, 0.25) is 10.0 Å². The average Bonchev–Trinajstić information content (AvgIpc) is 2.50. The maximum Gasteiger partial charge on any atom is 0.244 e. The van der Waals surface area contributed by atoms with Gasteiger partial charge in [-0.05, 0) is 48.7 Å². The molecule has 0 aliphatic rings. The van der Waals surface area contributed by atoms with Crippen LogP contribution in [0, 0.1) is 18.6 Å². The fraction of sp³-hybridized carbons (Fsp3) is 0.250. The third-order valence-electron chi connectivity index (χ3n) is 3.30. The lowest BCUT2D eigenvalue weighted by Gasteiger charge is -2.11. The summed E-state index contributed by atoms with van der Waals surface area (Å²) in [5.41, 5.74) is 1.29. The second-order valence-corrected chi connectivity index (χ2v) is 6.79. The topological polar surface area (TPSA) is 55.4 Å². The summed E-state index contributed by atoms with van der Waals surface area (Å²) in [7, 11) is -2.36. The minimum atomic E-state index is -3.76. The van der Waals surface area contributed by atoms with E-state index in [1.165, 1.54) is 19.2 Å². The normalized spacial score (nSPS) is 11.5. The Kier molecular flexibility index (Phi) is 5.33. The van der Waals surface area contributed by atoms with E-state index in [9.17, 15) is 17.2 Å². The van der Waals surface area contributed by atoms with E-state index in [1.54, 1.807) is 19.1 Å². The van der Waals surface area contributed by atoms with Crippen molar-refractivity contribution >= 4 is 10.0 Å². The molecule has 0 aliphatic heterocycles. The molecule has 0 amide bonds. The molecular weight excluding hydrogens is 324 g/mol. The lowest BCUT2D eigenvalue weighted by molar-refractivity contribution is 0.402. The first-order valence-electron chi connectivity index (χ1n) is 6.92. The third-order valence-corrected chi connectivity index (χ3v) is 4.78. The molecular formula is C16H17F2NO3S. The summed E-state index contributed by atoms with van der Waals surface area (Å²) >= 11 is 0. The molecule has 0 fully saturated rings. The van der Waals surface area contributed by atoms with Crippen LogP contribution in [-0.2, 0) is 16.4 Å². The molecule has 0 bridgehead atoms. The van der Waals surface area contributed by atoms with Crippen LogP contribution in [0.3, 0.4) is 0 Å². The number of sulfonamides is 1. The van der Waals surface area contributed by atoms with Crippen LogP contribution < -0.4 is 9.46 Å². The van der Waals surface area contributed by atoms with Crippen LogP contribution in [-0.4, -0.2) is 22.1 Å². The standard InChI is InChI=1S/C16H17F2NO3S/c1-11-3-6-15(22-2)16(9-11)23(20,21)19-8-7-12-4-5-13(17)14(18)10-12/h3-6,9-10,19H,7-8H2,1-2H3. The Balaban J connectivity index is 2.10. The molecule has 124 valence electrons. The van der Waals surface area contributed by atoms with Gasteiger partial charge < -0.3 is 4.74 Å². The lowest BCUT2D eigenvalue weighted by Crippen LogP contribution is -2.26. The first-order valence-corrected chi connectivity index (χ1v) is 8.40. The number of hydrogen-bond acceptors (Lipinski definition) is 3. The van der Waals surface area contributed by atoms with E-state index >= 15 is 0 Å². The van der Waals surface area contributed by atoms with Crippen molar-refractivity contribution < 1.29 is 21.9 Å². The number of methoxy groups -OCH3 is 1. The first kappa shape index (κ1) is 17.4. The van der Waals surface area contributed by atoms with Gasteiger partial charge in [-0.25, -0.2) is 21.9 Å². The molecule has 2 aromatic carbocycles. The van der Waals surface area contributed by atoms with Gasteiger partial charge in [0.05, 0.1) is 7.11 Å². The highest BCUT2D eigenvalue weighted by molar-refractivity contribution is 7.89. The second kappa shape index (κ2) is 7.06. The third kappa shape index (κ3) is 4.27. The number of halogens is 2. The molecule has 0 saturated carbocycles. The highest BCUT2D eigenvalue weighted by Crippen LogP contribution is 2.24. The van der Waals surface area contributed by atoms with Crippen molar-refractivity contribution in [3.8, 4) is 5.75 Å². The van der Waals surface area contributed by atoms with E-state index in [4.69, 9.17) is 4.74 Å². The summed E-state index contributed by atoms with van der Waals surface area (Å²) in [6.45, 7) is 1.84. The zero-order valence-corrected chi connectivity index (χ0v) is 13.6. The fourth-order valence-corrected chi connectivity index (χ4v) is 3.38. The van der Waals surface area contributed by atoms with E-state index in [1.807, 2.05) is 0 Å². The van der Waals surface area contributed by atoms with Crippen LogP contribution in [0.4, 0.5) is 8.78 Å². The van der Waals surface area contributed by atoms with Gasteiger partial charge in [0, 0.05) is 6.54 Å². The summed E-state index contributed by atoms with van der Waals surface area (Å²) in [5, 5.41) is 0. The number of benzene rings is 2. The van der Waals surface area contributed by atoms with Crippen molar-refractivity contribution in [3.05, 3.63) is 59.2 Å². The van der Waals surface area contributed by atoms with Crippen molar-refractivity contribution in [1.29, 1.82) is 0 Å². The fourth-order valence-electron chi connectivity index (χ4n) is 2.10. The first-order chi connectivity index (χ1) is 10.8. The quantitative estimate of drug-likeness (QED) is 0.879. The van der Waals surface area contributed by atoms with E-state index in [-0.39, 0.29) is 23.6 Å². The van der Waals surface area contributed by atoms with E-state index in [2.05, 4.69) is 4.72 Å². The van der Waals surface area contributed by atoms with Gasteiger partial charge in [0.1, 0.15) is 10.6 Å². The molecule has 23 heavy (non-hydrogen) atoms. The Morgan fingerprint density at radius 3 is 2.48 bits per heavy atom. The molecule has 2 rings (SSSR count). The highest BCUT2D eigenvalue weighted by atomic mass is 32.2. The maximum absolute atomic E-state index is 13.1. The van der Waals surface area contributed by atoms with E-state index in [0.29, 0.717) is 5.56 Å². The van der Waals surface area contributed by atoms with E-state index < -0.39 is 21.7 Å². The van der Waals surface area contributed by atoms with Crippen LogP contribution in [0.15, 0.2) is 41.3 Å². The Bertz CT molecular complexity index is 807. The van der Waals surface area contributed by atoms with Crippen LogP contribution >= 0.6 is 0 Å². The summed E-state index contributed by atoms with van der Waals surface area (Å²) in [6.07, 6.45) is 0.241. The van der Waals surface area contributed by atoms with Crippen molar-refractivity contribution in [3.63, 3.8) is 0 Å². The van der Waals surface area contributed by atoms with Crippen molar-refractivity contribution in [2.45, 2.75) is 18.2 Å². The lowest BCUT2D eigenvalue weighted by atomic mass is 10.1. The van der Waals surface area contributed by atoms with Crippen LogP contribution in [0.5, 0.6) is 5.75 Å². The molecule has 0 spiro atoms. The number of nitrogens with one attached hydrogen (secondary N) is 1. The van der Waals surface area contributed by atoms with Crippen LogP contribution in [0.25, 0.3) is 0 Å². The molecule has 0 saturated heterocycles. The SMILES string of the molecule is COc1ccc(C)cc1S(=O)(=O)NCCc1ccc(F)c(F)c1. The molecule has 1 N–H and O–H groups in total. The van der Waals surface area contributed by atoms with Crippen molar-refractivity contribution in [1.82, 2.24) is 4.72 Å². The molecule has 4 nitrogen and oxygen atoms in total. The number of hydrogen-bond donors (Lipinski definition) is 1. The summed E-state index contributed by atoms with van der Waals surface area (Å²) < 4.78 is 58.2. The second-order valence-electron chi connectivity index (χ2n) is 5.05. The minimum Gasteiger partial charge on any atom is -0.495 e. The predicted molar refractivity (Wildman–Crippen MR) is 83.0 cm³/mol. The molecule has 7 heteroatoms. The predicted octanol–water partition coefficient (Wildman–Crippen LogP) is 2.80. The molecule has 0 aromatic heterocycles. The number of ether oxygens (including phenoxy) is 1. The zero-order valence-electron chi connectivity index (χ0n) is 12.8. The van der Waals surface area contributed by atoms with Gasteiger partial charge in [0.15, 0.2) is 11.6 Å². The molecule has 0 radical (unpaired) electrons. The molecule has 0 aliphatic carbocycles. The smallest absolute Gasteiger partial charge is 0.244 e. The van der Waals surface area contributed by atoms with Gasteiger partial charge in [0.25, 0.3) is 0 Å². The summed E-state index contributed by atoms with van der Waals surface area (Å²) in [6, 6.07) is 8.33. The van der Waals surface area contributed by atoms with Crippen LogP contribution in [0.2, 0.25) is 0 Å².